The zero-order valence-electron chi connectivity index (χ0n) is 12.8. The topological polar surface area (TPSA) is 79.3 Å². The van der Waals surface area contributed by atoms with Crippen LogP contribution in [0.5, 0.6) is 0 Å². The maximum absolute atomic E-state index is 12.7. The molecular weight excluding hydrogens is 312 g/mol. The van der Waals surface area contributed by atoms with Crippen molar-refractivity contribution < 1.29 is 14.7 Å². The molecule has 1 aromatic carbocycles. The summed E-state index contributed by atoms with van der Waals surface area (Å²) in [7, 11) is 0. The van der Waals surface area contributed by atoms with Crippen molar-refractivity contribution in [3.63, 3.8) is 0 Å². The zero-order valence-corrected chi connectivity index (χ0v) is 13.7. The summed E-state index contributed by atoms with van der Waals surface area (Å²) in [5.41, 5.74) is 0.675. The summed E-state index contributed by atoms with van der Waals surface area (Å²) in [6.07, 6.45) is 0.881. The lowest BCUT2D eigenvalue weighted by Crippen LogP contribution is -2.56. The normalized spacial score (nSPS) is 16.9. The third-order valence-electron chi connectivity index (χ3n) is 4.21. The molecule has 0 unspecified atom stereocenters. The van der Waals surface area contributed by atoms with Crippen LogP contribution >= 0.6 is 11.8 Å². The summed E-state index contributed by atoms with van der Waals surface area (Å²) in [4.78, 5) is 28.9. The molecule has 5 nitrogen and oxygen atoms in total. The molecular formula is C17H18N2O3S. The first-order valence-electron chi connectivity index (χ1n) is 7.52. The van der Waals surface area contributed by atoms with Gasteiger partial charge in [0, 0.05) is 11.1 Å². The van der Waals surface area contributed by atoms with Gasteiger partial charge in [-0.3, -0.25) is 9.78 Å². The molecule has 1 fully saturated rings. The number of aliphatic carboxylic acids is 1. The van der Waals surface area contributed by atoms with E-state index in [1.807, 2.05) is 25.1 Å². The predicted octanol–water partition coefficient (Wildman–Crippen LogP) is 2.62. The number of hydrogen-bond acceptors (Lipinski definition) is 4. The van der Waals surface area contributed by atoms with Gasteiger partial charge in [-0.1, -0.05) is 18.2 Å². The molecule has 1 aliphatic rings. The second-order valence-corrected chi connectivity index (χ2v) is 7.01. The van der Waals surface area contributed by atoms with E-state index < -0.39 is 11.5 Å². The SMILES string of the molecule is Cc1ccc2cccc(C(=O)NC3(C(=O)O)CCSCC3)c2n1. The summed E-state index contributed by atoms with van der Waals surface area (Å²) in [6, 6.07) is 9.18. The highest BCUT2D eigenvalue weighted by Gasteiger charge is 2.41. The Hall–Kier alpha value is -2.08. The van der Waals surface area contributed by atoms with E-state index in [0.717, 1.165) is 22.6 Å². The van der Waals surface area contributed by atoms with Crippen molar-refractivity contribution in [2.24, 2.45) is 0 Å². The third-order valence-corrected chi connectivity index (χ3v) is 5.20. The van der Waals surface area contributed by atoms with E-state index in [2.05, 4.69) is 10.3 Å². The van der Waals surface area contributed by atoms with Gasteiger partial charge in [0.1, 0.15) is 5.54 Å². The zero-order chi connectivity index (χ0) is 16.4. The van der Waals surface area contributed by atoms with Gasteiger partial charge in [-0.15, -0.1) is 0 Å². The number of aromatic nitrogens is 1. The Morgan fingerprint density at radius 1 is 1.22 bits per heavy atom. The van der Waals surface area contributed by atoms with Crippen molar-refractivity contribution in [3.8, 4) is 0 Å². The van der Waals surface area contributed by atoms with Crippen molar-refractivity contribution in [2.45, 2.75) is 25.3 Å². The molecule has 0 spiro atoms. The minimum atomic E-state index is -1.17. The number of aryl methyl sites for hydroxylation is 1. The number of para-hydroxylation sites is 1. The Balaban J connectivity index is 1.97. The van der Waals surface area contributed by atoms with Gasteiger partial charge < -0.3 is 10.4 Å². The summed E-state index contributed by atoms with van der Waals surface area (Å²) in [5.74, 6) is 0.136. The van der Waals surface area contributed by atoms with Crippen molar-refractivity contribution in [1.82, 2.24) is 10.3 Å². The van der Waals surface area contributed by atoms with Crippen LogP contribution in [0.4, 0.5) is 0 Å². The molecule has 3 rings (SSSR count). The lowest BCUT2D eigenvalue weighted by atomic mass is 9.91. The molecule has 6 heteroatoms. The number of carbonyl (C=O) groups excluding carboxylic acids is 1. The summed E-state index contributed by atoms with van der Waals surface area (Å²) in [5, 5.41) is 13.2. The van der Waals surface area contributed by atoms with Crippen LogP contribution in [0, 0.1) is 6.92 Å². The molecule has 2 heterocycles. The molecule has 0 saturated carbocycles. The Morgan fingerprint density at radius 3 is 2.65 bits per heavy atom. The van der Waals surface area contributed by atoms with E-state index in [0.29, 0.717) is 23.9 Å². The molecule has 1 aromatic heterocycles. The minimum absolute atomic E-state index is 0.372. The van der Waals surface area contributed by atoms with E-state index in [-0.39, 0.29) is 5.91 Å². The maximum Gasteiger partial charge on any atom is 0.329 e. The van der Waals surface area contributed by atoms with Crippen LogP contribution in [0.1, 0.15) is 28.9 Å². The maximum atomic E-state index is 12.7. The second kappa shape index (κ2) is 6.20. The number of hydrogen-bond donors (Lipinski definition) is 2. The molecule has 1 aliphatic heterocycles. The minimum Gasteiger partial charge on any atom is -0.480 e. The second-order valence-electron chi connectivity index (χ2n) is 5.78. The molecule has 1 amide bonds. The number of nitrogens with zero attached hydrogens (tertiary/aromatic N) is 1. The van der Waals surface area contributed by atoms with Gasteiger partial charge in [0.25, 0.3) is 5.91 Å². The number of rotatable bonds is 3. The standard InChI is InChI=1S/C17H18N2O3S/c1-11-5-6-12-3-2-4-13(14(12)18-11)15(20)19-17(16(21)22)7-9-23-10-8-17/h2-6H,7-10H2,1H3,(H,19,20)(H,21,22). The monoisotopic (exact) mass is 330 g/mol. The van der Waals surface area contributed by atoms with Gasteiger partial charge in [-0.25, -0.2) is 4.79 Å². The number of carbonyl (C=O) groups is 2. The molecule has 0 radical (unpaired) electrons. The number of thioether (sulfide) groups is 1. The molecule has 0 atom stereocenters. The van der Waals surface area contributed by atoms with Gasteiger partial charge in [-0.05, 0) is 43.4 Å². The van der Waals surface area contributed by atoms with E-state index in [4.69, 9.17) is 0 Å². The lowest BCUT2D eigenvalue weighted by Gasteiger charge is -2.33. The van der Waals surface area contributed by atoms with Crippen LogP contribution in [0.2, 0.25) is 0 Å². The smallest absolute Gasteiger partial charge is 0.329 e. The van der Waals surface area contributed by atoms with Crippen LogP contribution in [-0.4, -0.2) is 39.0 Å². The van der Waals surface area contributed by atoms with E-state index in [1.54, 1.807) is 23.9 Å². The van der Waals surface area contributed by atoms with E-state index in [1.165, 1.54) is 0 Å². The molecule has 2 N–H and O–H groups in total. The Kier molecular flexibility index (Phi) is 4.26. The quantitative estimate of drug-likeness (QED) is 0.904. The highest BCUT2D eigenvalue weighted by molar-refractivity contribution is 7.99. The molecule has 23 heavy (non-hydrogen) atoms. The van der Waals surface area contributed by atoms with Crippen molar-refractivity contribution in [1.29, 1.82) is 0 Å². The van der Waals surface area contributed by atoms with Crippen LogP contribution in [0.25, 0.3) is 10.9 Å². The Morgan fingerprint density at radius 2 is 1.96 bits per heavy atom. The van der Waals surface area contributed by atoms with Crippen LogP contribution in [0.15, 0.2) is 30.3 Å². The summed E-state index contributed by atoms with van der Waals surface area (Å²) >= 11 is 1.72. The van der Waals surface area contributed by atoms with Gasteiger partial charge >= 0.3 is 5.97 Å². The first kappa shape index (κ1) is 15.8. The van der Waals surface area contributed by atoms with Crippen molar-refractivity contribution >= 4 is 34.5 Å². The van der Waals surface area contributed by atoms with Crippen LogP contribution in [0.3, 0.4) is 0 Å². The summed E-state index contributed by atoms with van der Waals surface area (Å²) in [6.45, 7) is 1.87. The van der Waals surface area contributed by atoms with Crippen LogP contribution in [-0.2, 0) is 4.79 Å². The van der Waals surface area contributed by atoms with E-state index in [9.17, 15) is 14.7 Å². The molecule has 120 valence electrons. The average molecular weight is 330 g/mol. The first-order valence-corrected chi connectivity index (χ1v) is 8.67. The number of benzene rings is 1. The fourth-order valence-corrected chi connectivity index (χ4v) is 4.01. The first-order chi connectivity index (χ1) is 11.0. The van der Waals surface area contributed by atoms with Gasteiger partial charge in [0.05, 0.1) is 11.1 Å². The largest absolute Gasteiger partial charge is 0.480 e. The highest BCUT2D eigenvalue weighted by Crippen LogP contribution is 2.28. The number of pyridine rings is 1. The van der Waals surface area contributed by atoms with Gasteiger partial charge in [0.15, 0.2) is 0 Å². The number of carboxylic acid groups (broad SMARTS) is 1. The molecule has 2 aromatic rings. The van der Waals surface area contributed by atoms with Crippen LogP contribution < -0.4 is 5.32 Å². The fourth-order valence-electron chi connectivity index (χ4n) is 2.82. The van der Waals surface area contributed by atoms with E-state index >= 15 is 0 Å². The number of amides is 1. The van der Waals surface area contributed by atoms with Gasteiger partial charge in [0.2, 0.25) is 0 Å². The van der Waals surface area contributed by atoms with Gasteiger partial charge in [-0.2, -0.15) is 11.8 Å². The number of carboxylic acids is 1. The average Bonchev–Trinajstić information content (AvgIpc) is 2.54. The fraction of sp³-hybridized carbons (Fsp3) is 0.353. The van der Waals surface area contributed by atoms with Crippen molar-refractivity contribution in [2.75, 3.05) is 11.5 Å². The highest BCUT2D eigenvalue weighted by atomic mass is 32.2. The lowest BCUT2D eigenvalue weighted by molar-refractivity contribution is -0.144. The Bertz CT molecular complexity index is 770. The molecule has 0 aliphatic carbocycles. The predicted molar refractivity (Wildman–Crippen MR) is 90.9 cm³/mol. The van der Waals surface area contributed by atoms with Crippen molar-refractivity contribution in [3.05, 3.63) is 41.6 Å². The Labute approximate surface area is 138 Å². The molecule has 0 bridgehead atoms. The molecule has 1 saturated heterocycles. The third kappa shape index (κ3) is 3.03. The number of fused-ring (bicyclic) bond motifs is 1. The summed E-state index contributed by atoms with van der Waals surface area (Å²) < 4.78 is 0. The number of nitrogens with one attached hydrogen (secondary N) is 1.